The lowest BCUT2D eigenvalue weighted by Gasteiger charge is -2.17. The third-order valence-corrected chi connectivity index (χ3v) is 5.37. The summed E-state index contributed by atoms with van der Waals surface area (Å²) in [5.41, 5.74) is 3.79. The Labute approximate surface area is 191 Å². The van der Waals surface area contributed by atoms with Crippen LogP contribution in [-0.2, 0) is 33.6 Å². The normalized spacial score (nSPS) is 13.3. The lowest BCUT2D eigenvalue weighted by Crippen LogP contribution is -2.27. The molecule has 0 unspecified atom stereocenters. The van der Waals surface area contributed by atoms with E-state index in [1.807, 2.05) is 12.1 Å². The molecule has 0 fully saturated rings. The fourth-order valence-electron chi connectivity index (χ4n) is 3.80. The maximum absolute atomic E-state index is 12.8. The molecular formula is C25H27F2NO5. The van der Waals surface area contributed by atoms with E-state index < -0.39 is 18.5 Å². The molecule has 0 radical (unpaired) electrons. The molecule has 0 aliphatic heterocycles. The van der Waals surface area contributed by atoms with Crippen LogP contribution in [0.2, 0.25) is 0 Å². The minimum absolute atomic E-state index is 0.0476. The lowest BCUT2D eigenvalue weighted by atomic mass is 9.89. The van der Waals surface area contributed by atoms with Gasteiger partial charge >= 0.3 is 12.6 Å². The van der Waals surface area contributed by atoms with Gasteiger partial charge in [0.25, 0.3) is 5.91 Å². The molecular weight excluding hydrogens is 432 g/mol. The van der Waals surface area contributed by atoms with E-state index in [0.717, 1.165) is 43.1 Å². The molecule has 1 aliphatic rings. The highest BCUT2D eigenvalue weighted by molar-refractivity contribution is 6.19. The number of amides is 1. The molecule has 33 heavy (non-hydrogen) atoms. The summed E-state index contributed by atoms with van der Waals surface area (Å²) >= 11 is 0. The Kier molecular flexibility index (Phi) is 8.40. The van der Waals surface area contributed by atoms with Gasteiger partial charge in [-0.05, 0) is 66.5 Å². The van der Waals surface area contributed by atoms with Gasteiger partial charge in [0.1, 0.15) is 6.26 Å². The molecule has 0 saturated carbocycles. The van der Waals surface area contributed by atoms with Crippen LogP contribution in [0.25, 0.3) is 5.57 Å². The lowest BCUT2D eigenvalue weighted by molar-refractivity contribution is -0.132. The monoisotopic (exact) mass is 459 g/mol. The maximum atomic E-state index is 12.8. The third kappa shape index (κ3) is 6.78. The van der Waals surface area contributed by atoms with Gasteiger partial charge in [-0.25, -0.2) is 0 Å². The number of hydrogen-bond acceptors (Lipinski definition) is 5. The largest absolute Gasteiger partial charge is 0.493 e. The smallest absolute Gasteiger partial charge is 0.386 e. The molecule has 0 saturated heterocycles. The van der Waals surface area contributed by atoms with Crippen LogP contribution in [0.15, 0.2) is 42.7 Å². The maximum Gasteiger partial charge on any atom is 0.386 e. The highest BCUT2D eigenvalue weighted by Gasteiger charge is 2.17. The van der Waals surface area contributed by atoms with Crippen molar-refractivity contribution < 1.29 is 32.6 Å². The van der Waals surface area contributed by atoms with Crippen molar-refractivity contribution in [3.05, 3.63) is 64.9 Å². The SMILES string of the molecule is COc1cc(CCNC(=O)/C(=C/OC(F)F)c2ccc3c(c2)CCCC3)ccc1OC(C)=O. The second-order valence-electron chi connectivity index (χ2n) is 7.70. The Bertz CT molecular complexity index is 1040. The highest BCUT2D eigenvalue weighted by Crippen LogP contribution is 2.29. The molecule has 0 atom stereocenters. The van der Waals surface area contributed by atoms with Crippen molar-refractivity contribution in [2.75, 3.05) is 13.7 Å². The molecule has 0 aromatic heterocycles. The number of aryl methyl sites for hydroxylation is 2. The highest BCUT2D eigenvalue weighted by atomic mass is 19.3. The first-order chi connectivity index (χ1) is 15.9. The quantitative estimate of drug-likeness (QED) is 0.260. The molecule has 0 bridgehead atoms. The van der Waals surface area contributed by atoms with Crippen molar-refractivity contribution in [3.63, 3.8) is 0 Å². The van der Waals surface area contributed by atoms with E-state index in [1.54, 1.807) is 24.3 Å². The minimum Gasteiger partial charge on any atom is -0.493 e. The van der Waals surface area contributed by atoms with Gasteiger partial charge in [-0.15, -0.1) is 0 Å². The molecule has 3 rings (SSSR count). The van der Waals surface area contributed by atoms with Crippen molar-refractivity contribution in [3.8, 4) is 11.5 Å². The van der Waals surface area contributed by atoms with E-state index in [4.69, 9.17) is 9.47 Å². The molecule has 1 N–H and O–H groups in total. The van der Waals surface area contributed by atoms with Crippen LogP contribution in [0.3, 0.4) is 0 Å². The Hall–Kier alpha value is -3.42. The number of rotatable bonds is 9. The summed E-state index contributed by atoms with van der Waals surface area (Å²) < 4.78 is 40.0. The third-order valence-electron chi connectivity index (χ3n) is 5.37. The molecule has 0 spiro atoms. The summed E-state index contributed by atoms with van der Waals surface area (Å²) in [5, 5.41) is 2.76. The van der Waals surface area contributed by atoms with E-state index >= 15 is 0 Å². The molecule has 1 amide bonds. The first kappa shape index (κ1) is 24.2. The molecule has 8 heteroatoms. The van der Waals surface area contributed by atoms with E-state index in [2.05, 4.69) is 10.1 Å². The average molecular weight is 459 g/mol. The number of carbonyl (C=O) groups excluding carboxylic acids is 2. The van der Waals surface area contributed by atoms with Crippen LogP contribution in [-0.4, -0.2) is 32.1 Å². The van der Waals surface area contributed by atoms with Gasteiger partial charge in [-0.2, -0.15) is 8.78 Å². The number of nitrogens with one attached hydrogen (secondary N) is 1. The van der Waals surface area contributed by atoms with Gasteiger partial charge in [0.2, 0.25) is 0 Å². The van der Waals surface area contributed by atoms with Crippen LogP contribution in [0.4, 0.5) is 8.78 Å². The first-order valence-corrected chi connectivity index (χ1v) is 10.8. The van der Waals surface area contributed by atoms with Crippen molar-refractivity contribution in [2.24, 2.45) is 0 Å². The molecule has 2 aromatic carbocycles. The number of halogens is 2. The average Bonchev–Trinajstić information content (AvgIpc) is 2.79. The summed E-state index contributed by atoms with van der Waals surface area (Å²) in [6.45, 7) is -1.46. The fraction of sp³-hybridized carbons (Fsp3) is 0.360. The van der Waals surface area contributed by atoms with Crippen LogP contribution in [0.5, 0.6) is 11.5 Å². The number of esters is 1. The summed E-state index contributed by atoms with van der Waals surface area (Å²) in [7, 11) is 1.46. The minimum atomic E-state index is -3.02. The number of fused-ring (bicyclic) bond motifs is 1. The summed E-state index contributed by atoms with van der Waals surface area (Å²) in [5.74, 6) is -0.260. The molecule has 6 nitrogen and oxygen atoms in total. The predicted molar refractivity (Wildman–Crippen MR) is 119 cm³/mol. The van der Waals surface area contributed by atoms with Crippen LogP contribution < -0.4 is 14.8 Å². The van der Waals surface area contributed by atoms with Gasteiger partial charge in [0, 0.05) is 13.5 Å². The van der Waals surface area contributed by atoms with Crippen molar-refractivity contribution in [1.82, 2.24) is 5.32 Å². The molecule has 176 valence electrons. The zero-order valence-electron chi connectivity index (χ0n) is 18.7. The van der Waals surface area contributed by atoms with Gasteiger partial charge < -0.3 is 19.5 Å². The summed E-state index contributed by atoms with van der Waals surface area (Å²) in [6.07, 6.45) is 5.34. The number of carbonyl (C=O) groups is 2. The van der Waals surface area contributed by atoms with E-state index in [1.165, 1.54) is 19.6 Å². The number of methoxy groups -OCH3 is 1. The van der Waals surface area contributed by atoms with Crippen molar-refractivity contribution in [2.45, 2.75) is 45.6 Å². The second-order valence-corrected chi connectivity index (χ2v) is 7.70. The van der Waals surface area contributed by atoms with Crippen molar-refractivity contribution in [1.29, 1.82) is 0 Å². The zero-order chi connectivity index (χ0) is 23.8. The van der Waals surface area contributed by atoms with Crippen LogP contribution in [0, 0.1) is 0 Å². The van der Waals surface area contributed by atoms with Gasteiger partial charge in [-0.1, -0.05) is 24.3 Å². The number of hydrogen-bond donors (Lipinski definition) is 1. The summed E-state index contributed by atoms with van der Waals surface area (Å²) in [6, 6.07) is 10.7. The first-order valence-electron chi connectivity index (χ1n) is 10.8. The Balaban J connectivity index is 1.69. The standard InChI is InChI=1S/C25H27F2NO5/c1-16(29)33-22-10-7-17(13-23(22)31-2)11-12-28-24(30)21(15-32-25(26)27)20-9-8-18-5-3-4-6-19(18)14-20/h7-10,13-15,25H,3-6,11-12H2,1-2H3,(H,28,30)/b21-15+. The van der Waals surface area contributed by atoms with E-state index in [-0.39, 0.29) is 12.1 Å². The van der Waals surface area contributed by atoms with E-state index in [0.29, 0.717) is 23.5 Å². The Morgan fingerprint density at radius 2 is 1.82 bits per heavy atom. The number of benzene rings is 2. The fourth-order valence-corrected chi connectivity index (χ4v) is 3.80. The van der Waals surface area contributed by atoms with Crippen LogP contribution in [0.1, 0.15) is 42.0 Å². The van der Waals surface area contributed by atoms with Gasteiger partial charge in [-0.3, -0.25) is 9.59 Å². The topological polar surface area (TPSA) is 73.9 Å². The number of alkyl halides is 2. The molecule has 2 aromatic rings. The zero-order valence-corrected chi connectivity index (χ0v) is 18.7. The van der Waals surface area contributed by atoms with Crippen LogP contribution >= 0.6 is 0 Å². The predicted octanol–water partition coefficient (Wildman–Crippen LogP) is 4.44. The van der Waals surface area contributed by atoms with Gasteiger partial charge in [0.05, 0.1) is 12.7 Å². The van der Waals surface area contributed by atoms with E-state index in [9.17, 15) is 18.4 Å². The number of ether oxygens (including phenoxy) is 3. The molecule has 1 aliphatic carbocycles. The van der Waals surface area contributed by atoms with Gasteiger partial charge in [0.15, 0.2) is 11.5 Å². The van der Waals surface area contributed by atoms with Crippen molar-refractivity contribution >= 4 is 17.4 Å². The summed E-state index contributed by atoms with van der Waals surface area (Å²) in [4.78, 5) is 24.0. The Morgan fingerprint density at radius 3 is 2.52 bits per heavy atom. The second kappa shape index (κ2) is 11.4. The molecule has 0 heterocycles. The Morgan fingerprint density at radius 1 is 1.06 bits per heavy atom.